The monoisotopic (exact) mass is 219 g/mol. The molecule has 1 aliphatic rings. The summed E-state index contributed by atoms with van der Waals surface area (Å²) >= 11 is 0. The van der Waals surface area contributed by atoms with Gasteiger partial charge in [0.05, 0.1) is 5.60 Å². The maximum absolute atomic E-state index is 9.65. The Morgan fingerprint density at radius 2 is 2.12 bits per heavy atom. The van der Waals surface area contributed by atoms with E-state index in [-0.39, 0.29) is 0 Å². The van der Waals surface area contributed by atoms with Crippen molar-refractivity contribution in [2.75, 3.05) is 6.54 Å². The molecule has 1 aromatic carbocycles. The molecule has 0 spiro atoms. The molecule has 0 aromatic heterocycles. The van der Waals surface area contributed by atoms with Crippen LogP contribution in [0.25, 0.3) is 0 Å². The van der Waals surface area contributed by atoms with E-state index in [0.717, 1.165) is 13.0 Å². The minimum Gasteiger partial charge on any atom is -0.390 e. The molecule has 0 radical (unpaired) electrons. The molecule has 2 heteroatoms. The zero-order valence-electron chi connectivity index (χ0n) is 10.2. The van der Waals surface area contributed by atoms with Crippen LogP contribution in [0.1, 0.15) is 43.9 Å². The first kappa shape index (κ1) is 11.6. The average Bonchev–Trinajstić information content (AvgIpc) is 2.60. The SMILES string of the molecule is CC(C)(O)CCNC1CCc2ccccc21. The van der Waals surface area contributed by atoms with Crippen molar-refractivity contribution in [2.45, 2.75) is 44.8 Å². The summed E-state index contributed by atoms with van der Waals surface area (Å²) < 4.78 is 0. The fourth-order valence-electron chi connectivity index (χ4n) is 2.32. The lowest BCUT2D eigenvalue weighted by Gasteiger charge is -2.20. The Balaban J connectivity index is 1.89. The lowest BCUT2D eigenvalue weighted by Crippen LogP contribution is -2.28. The predicted octanol–water partition coefficient (Wildman–Crippen LogP) is 2.42. The van der Waals surface area contributed by atoms with Gasteiger partial charge in [-0.1, -0.05) is 24.3 Å². The highest BCUT2D eigenvalue weighted by molar-refractivity contribution is 5.34. The van der Waals surface area contributed by atoms with Crippen molar-refractivity contribution in [1.29, 1.82) is 0 Å². The number of nitrogens with one attached hydrogen (secondary N) is 1. The summed E-state index contributed by atoms with van der Waals surface area (Å²) in [5.74, 6) is 0. The van der Waals surface area contributed by atoms with Gasteiger partial charge in [-0.3, -0.25) is 0 Å². The maximum atomic E-state index is 9.65. The van der Waals surface area contributed by atoms with Crippen LogP contribution >= 0.6 is 0 Å². The third-order valence-electron chi connectivity index (χ3n) is 3.26. The van der Waals surface area contributed by atoms with E-state index in [9.17, 15) is 5.11 Å². The van der Waals surface area contributed by atoms with E-state index < -0.39 is 5.60 Å². The fraction of sp³-hybridized carbons (Fsp3) is 0.571. The summed E-state index contributed by atoms with van der Waals surface area (Å²) in [5.41, 5.74) is 2.35. The zero-order valence-corrected chi connectivity index (χ0v) is 10.2. The fourth-order valence-corrected chi connectivity index (χ4v) is 2.32. The largest absolute Gasteiger partial charge is 0.390 e. The van der Waals surface area contributed by atoms with Crippen LogP contribution in [0.2, 0.25) is 0 Å². The highest BCUT2D eigenvalue weighted by Gasteiger charge is 2.21. The Bertz CT molecular complexity index is 354. The molecular weight excluding hydrogens is 198 g/mol. The van der Waals surface area contributed by atoms with Crippen LogP contribution in [0.3, 0.4) is 0 Å². The second kappa shape index (κ2) is 4.56. The molecule has 1 aromatic rings. The van der Waals surface area contributed by atoms with E-state index in [1.165, 1.54) is 24.0 Å². The number of aryl methyl sites for hydroxylation is 1. The quantitative estimate of drug-likeness (QED) is 0.815. The van der Waals surface area contributed by atoms with E-state index in [2.05, 4.69) is 29.6 Å². The van der Waals surface area contributed by atoms with Gasteiger partial charge in [-0.15, -0.1) is 0 Å². The summed E-state index contributed by atoms with van der Waals surface area (Å²) in [4.78, 5) is 0. The number of fused-ring (bicyclic) bond motifs is 1. The molecule has 16 heavy (non-hydrogen) atoms. The van der Waals surface area contributed by atoms with E-state index in [0.29, 0.717) is 6.04 Å². The lowest BCUT2D eigenvalue weighted by molar-refractivity contribution is 0.0703. The minimum absolute atomic E-state index is 0.485. The van der Waals surface area contributed by atoms with E-state index in [1.807, 2.05) is 13.8 Å². The lowest BCUT2D eigenvalue weighted by atomic mass is 10.0. The van der Waals surface area contributed by atoms with Crippen LogP contribution in [-0.4, -0.2) is 17.3 Å². The Hall–Kier alpha value is -0.860. The van der Waals surface area contributed by atoms with Gasteiger partial charge in [-0.05, 0) is 50.8 Å². The number of hydrogen-bond donors (Lipinski definition) is 2. The standard InChI is InChI=1S/C14H21NO/c1-14(2,16)9-10-15-13-8-7-11-5-3-4-6-12(11)13/h3-6,13,15-16H,7-10H2,1-2H3. The summed E-state index contributed by atoms with van der Waals surface area (Å²) in [5, 5.41) is 13.2. The molecule has 0 aliphatic heterocycles. The summed E-state index contributed by atoms with van der Waals surface area (Å²) in [6.07, 6.45) is 3.16. The number of rotatable bonds is 4. The van der Waals surface area contributed by atoms with Crippen molar-refractivity contribution in [3.63, 3.8) is 0 Å². The van der Waals surface area contributed by atoms with Crippen LogP contribution in [0.15, 0.2) is 24.3 Å². The van der Waals surface area contributed by atoms with Crippen LogP contribution in [0.5, 0.6) is 0 Å². The molecule has 0 saturated carbocycles. The van der Waals surface area contributed by atoms with Gasteiger partial charge in [-0.25, -0.2) is 0 Å². The van der Waals surface area contributed by atoms with Gasteiger partial charge in [-0.2, -0.15) is 0 Å². The van der Waals surface area contributed by atoms with Gasteiger partial charge in [0.1, 0.15) is 0 Å². The first-order valence-corrected chi connectivity index (χ1v) is 6.10. The zero-order chi connectivity index (χ0) is 11.6. The van der Waals surface area contributed by atoms with Gasteiger partial charge >= 0.3 is 0 Å². The first-order chi connectivity index (χ1) is 7.56. The van der Waals surface area contributed by atoms with Crippen molar-refractivity contribution in [1.82, 2.24) is 5.32 Å². The van der Waals surface area contributed by atoms with E-state index in [4.69, 9.17) is 0 Å². The van der Waals surface area contributed by atoms with Crippen molar-refractivity contribution < 1.29 is 5.11 Å². The highest BCUT2D eigenvalue weighted by atomic mass is 16.3. The molecule has 2 nitrogen and oxygen atoms in total. The van der Waals surface area contributed by atoms with Crippen molar-refractivity contribution in [2.24, 2.45) is 0 Å². The van der Waals surface area contributed by atoms with Crippen molar-refractivity contribution in [3.05, 3.63) is 35.4 Å². The molecule has 0 amide bonds. The van der Waals surface area contributed by atoms with Gasteiger partial charge in [0, 0.05) is 6.04 Å². The highest BCUT2D eigenvalue weighted by Crippen LogP contribution is 2.30. The number of aliphatic hydroxyl groups is 1. The molecule has 0 fully saturated rings. The summed E-state index contributed by atoms with van der Waals surface area (Å²) in [6, 6.07) is 9.13. The molecule has 1 atom stereocenters. The molecule has 88 valence electrons. The maximum Gasteiger partial charge on any atom is 0.0603 e. The van der Waals surface area contributed by atoms with Crippen LogP contribution in [0, 0.1) is 0 Å². The van der Waals surface area contributed by atoms with E-state index in [1.54, 1.807) is 0 Å². The summed E-state index contributed by atoms with van der Waals surface area (Å²) in [7, 11) is 0. The predicted molar refractivity (Wildman–Crippen MR) is 66.4 cm³/mol. The van der Waals surface area contributed by atoms with Crippen molar-refractivity contribution in [3.8, 4) is 0 Å². The topological polar surface area (TPSA) is 32.3 Å². The Morgan fingerprint density at radius 3 is 2.88 bits per heavy atom. The third-order valence-corrected chi connectivity index (χ3v) is 3.26. The normalized spacial score (nSPS) is 19.8. The van der Waals surface area contributed by atoms with Gasteiger partial charge < -0.3 is 10.4 Å². The second-order valence-corrected chi connectivity index (χ2v) is 5.31. The Labute approximate surface area is 97.7 Å². The second-order valence-electron chi connectivity index (χ2n) is 5.31. The molecule has 0 saturated heterocycles. The smallest absolute Gasteiger partial charge is 0.0603 e. The van der Waals surface area contributed by atoms with Crippen LogP contribution in [0.4, 0.5) is 0 Å². The number of hydrogen-bond acceptors (Lipinski definition) is 2. The third kappa shape index (κ3) is 2.83. The van der Waals surface area contributed by atoms with Crippen LogP contribution in [-0.2, 0) is 6.42 Å². The molecular formula is C14H21NO. The molecule has 2 rings (SSSR count). The molecule has 1 aliphatic carbocycles. The van der Waals surface area contributed by atoms with Gasteiger partial charge in [0.15, 0.2) is 0 Å². The number of benzene rings is 1. The molecule has 2 N–H and O–H groups in total. The molecule has 0 heterocycles. The molecule has 0 bridgehead atoms. The van der Waals surface area contributed by atoms with Crippen molar-refractivity contribution >= 4 is 0 Å². The average molecular weight is 219 g/mol. The summed E-state index contributed by atoms with van der Waals surface area (Å²) in [6.45, 7) is 4.59. The van der Waals surface area contributed by atoms with Crippen LogP contribution < -0.4 is 5.32 Å². The van der Waals surface area contributed by atoms with Gasteiger partial charge in [0.25, 0.3) is 0 Å². The van der Waals surface area contributed by atoms with E-state index >= 15 is 0 Å². The Kier molecular flexibility index (Phi) is 3.31. The first-order valence-electron chi connectivity index (χ1n) is 6.10. The minimum atomic E-state index is -0.564. The Morgan fingerprint density at radius 1 is 1.38 bits per heavy atom. The van der Waals surface area contributed by atoms with Gasteiger partial charge in [0.2, 0.25) is 0 Å². The molecule has 1 unspecified atom stereocenters.